The van der Waals surface area contributed by atoms with Gasteiger partial charge in [0.1, 0.15) is 11.0 Å². The van der Waals surface area contributed by atoms with E-state index in [4.69, 9.17) is 4.74 Å². The van der Waals surface area contributed by atoms with Crippen molar-refractivity contribution in [3.63, 3.8) is 0 Å². The van der Waals surface area contributed by atoms with Gasteiger partial charge in [0.15, 0.2) is 11.6 Å². The minimum absolute atomic E-state index is 0.00420. The van der Waals surface area contributed by atoms with Gasteiger partial charge in [-0.05, 0) is 42.9 Å². The molecule has 0 radical (unpaired) electrons. The van der Waals surface area contributed by atoms with Gasteiger partial charge in [-0.2, -0.15) is 0 Å². The Hall–Kier alpha value is -2.22. The van der Waals surface area contributed by atoms with Crippen molar-refractivity contribution in [1.82, 2.24) is 19.5 Å². The van der Waals surface area contributed by atoms with Gasteiger partial charge in [-0.15, -0.1) is 5.10 Å². The lowest BCUT2D eigenvalue weighted by atomic mass is 10.3. The highest BCUT2D eigenvalue weighted by Crippen LogP contribution is 2.30. The lowest BCUT2D eigenvalue weighted by molar-refractivity contribution is 0.0776. The summed E-state index contributed by atoms with van der Waals surface area (Å²) in [6, 6.07) is 3.89. The van der Waals surface area contributed by atoms with E-state index in [-0.39, 0.29) is 12.0 Å². The number of rotatable bonds is 5. The van der Waals surface area contributed by atoms with E-state index in [1.807, 2.05) is 30.2 Å². The van der Waals surface area contributed by atoms with Crippen molar-refractivity contribution in [2.75, 3.05) is 31.1 Å². The number of aromatic nitrogens is 3. The summed E-state index contributed by atoms with van der Waals surface area (Å²) in [5, 5.41) is 4.05. The maximum Gasteiger partial charge on any atom is 0.267 e. The molecule has 0 spiro atoms. The van der Waals surface area contributed by atoms with E-state index in [1.54, 1.807) is 0 Å². The first-order valence-electron chi connectivity index (χ1n) is 9.23. The number of aryl methyl sites for hydroxylation is 1. The Morgan fingerprint density at radius 2 is 2.19 bits per heavy atom. The van der Waals surface area contributed by atoms with Crippen molar-refractivity contribution >= 4 is 23.3 Å². The van der Waals surface area contributed by atoms with Crippen molar-refractivity contribution in [1.29, 1.82) is 0 Å². The van der Waals surface area contributed by atoms with Crippen LogP contribution in [0.15, 0.2) is 18.3 Å². The number of carbonyl (C=O) groups excluding carboxylic acids is 1. The van der Waals surface area contributed by atoms with Gasteiger partial charge in [-0.1, -0.05) is 11.4 Å². The zero-order valence-corrected chi connectivity index (χ0v) is 15.7. The lowest BCUT2D eigenvalue weighted by Crippen LogP contribution is -2.31. The number of likely N-dealkylation sites (tertiary alicyclic amines) is 1. The number of carbonyl (C=O) groups is 1. The van der Waals surface area contributed by atoms with Gasteiger partial charge in [0.2, 0.25) is 0 Å². The fraction of sp³-hybridized carbons (Fsp3) is 0.556. The molecule has 1 amide bonds. The molecule has 2 fully saturated rings. The second-order valence-corrected chi connectivity index (χ2v) is 7.46. The Morgan fingerprint density at radius 1 is 1.35 bits per heavy atom. The van der Waals surface area contributed by atoms with Crippen LogP contribution in [0.4, 0.5) is 5.82 Å². The number of anilines is 1. The molecule has 138 valence electrons. The molecule has 0 unspecified atom stereocenters. The highest BCUT2D eigenvalue weighted by molar-refractivity contribution is 7.08. The number of hydrogen-bond donors (Lipinski definition) is 0. The summed E-state index contributed by atoms with van der Waals surface area (Å²) in [6.07, 6.45) is 5.76. The molecule has 2 aliphatic heterocycles. The molecule has 1 atom stereocenters. The van der Waals surface area contributed by atoms with Gasteiger partial charge in [0.05, 0.1) is 12.2 Å². The normalized spacial score (nSPS) is 20.0. The van der Waals surface area contributed by atoms with Gasteiger partial charge in [0.25, 0.3) is 5.91 Å². The molecular weight excluding hydrogens is 350 g/mol. The third kappa shape index (κ3) is 3.38. The van der Waals surface area contributed by atoms with Crippen LogP contribution < -0.4 is 9.64 Å². The fourth-order valence-electron chi connectivity index (χ4n) is 3.58. The first kappa shape index (κ1) is 17.2. The highest BCUT2D eigenvalue weighted by Gasteiger charge is 2.31. The van der Waals surface area contributed by atoms with E-state index in [2.05, 4.69) is 19.5 Å². The minimum Gasteiger partial charge on any atom is -0.485 e. The van der Waals surface area contributed by atoms with E-state index < -0.39 is 0 Å². The van der Waals surface area contributed by atoms with Crippen molar-refractivity contribution in [2.45, 2.75) is 38.7 Å². The summed E-state index contributed by atoms with van der Waals surface area (Å²) in [7, 11) is 0. The van der Waals surface area contributed by atoms with Gasteiger partial charge in [-0.25, -0.2) is 4.98 Å². The monoisotopic (exact) mass is 373 g/mol. The predicted octanol–water partition coefficient (Wildman–Crippen LogP) is 2.39. The third-order valence-electron chi connectivity index (χ3n) is 4.97. The van der Waals surface area contributed by atoms with Crippen molar-refractivity contribution in [3.05, 3.63) is 28.9 Å². The number of nitrogens with zero attached hydrogens (tertiary/aromatic N) is 5. The van der Waals surface area contributed by atoms with E-state index in [0.717, 1.165) is 43.2 Å². The van der Waals surface area contributed by atoms with Crippen LogP contribution in [-0.2, 0) is 6.42 Å². The molecule has 0 aromatic carbocycles. The Balaban J connectivity index is 1.43. The van der Waals surface area contributed by atoms with Crippen LogP contribution in [0.5, 0.6) is 5.75 Å². The molecule has 7 nitrogen and oxygen atoms in total. The summed E-state index contributed by atoms with van der Waals surface area (Å²) in [5.41, 5.74) is 0.785. The molecule has 2 aromatic rings. The van der Waals surface area contributed by atoms with Gasteiger partial charge in [-0.3, -0.25) is 4.79 Å². The fourth-order valence-corrected chi connectivity index (χ4v) is 4.29. The SMILES string of the molecule is CCc1nnsc1C(=O)N1CC[C@H](Oc2cccnc2N2CCCC2)C1. The average molecular weight is 373 g/mol. The Labute approximate surface area is 157 Å². The van der Waals surface area contributed by atoms with Crippen LogP contribution in [0.1, 0.15) is 41.6 Å². The molecule has 0 saturated carbocycles. The van der Waals surface area contributed by atoms with Gasteiger partial charge < -0.3 is 14.5 Å². The molecular formula is C18H23N5O2S. The summed E-state index contributed by atoms with van der Waals surface area (Å²) in [5.74, 6) is 1.77. The summed E-state index contributed by atoms with van der Waals surface area (Å²) >= 11 is 1.18. The molecule has 4 rings (SSSR count). The smallest absolute Gasteiger partial charge is 0.267 e. The first-order chi connectivity index (χ1) is 12.8. The zero-order chi connectivity index (χ0) is 17.9. The second-order valence-electron chi connectivity index (χ2n) is 6.70. The zero-order valence-electron chi connectivity index (χ0n) is 14.9. The molecule has 0 aliphatic carbocycles. The van der Waals surface area contributed by atoms with E-state index in [0.29, 0.717) is 18.0 Å². The topological polar surface area (TPSA) is 71.5 Å². The van der Waals surface area contributed by atoms with E-state index in [9.17, 15) is 4.79 Å². The average Bonchev–Trinajstić information content (AvgIpc) is 3.42. The molecule has 0 N–H and O–H groups in total. The van der Waals surface area contributed by atoms with Crippen LogP contribution in [0.3, 0.4) is 0 Å². The number of hydrogen-bond acceptors (Lipinski definition) is 7. The van der Waals surface area contributed by atoms with Crippen LogP contribution in [0.2, 0.25) is 0 Å². The highest BCUT2D eigenvalue weighted by atomic mass is 32.1. The Kier molecular flexibility index (Phi) is 5.01. The summed E-state index contributed by atoms with van der Waals surface area (Å²) < 4.78 is 10.2. The van der Waals surface area contributed by atoms with Crippen molar-refractivity contribution in [2.24, 2.45) is 0 Å². The first-order valence-corrected chi connectivity index (χ1v) is 10.0. The Bertz CT molecular complexity index is 774. The molecule has 2 aliphatic rings. The minimum atomic E-state index is -0.00420. The van der Waals surface area contributed by atoms with Gasteiger partial charge in [0, 0.05) is 32.3 Å². The lowest BCUT2D eigenvalue weighted by Gasteiger charge is -2.22. The van der Waals surface area contributed by atoms with Gasteiger partial charge >= 0.3 is 0 Å². The standard InChI is InChI=1S/C18H23N5O2S/c1-2-14-16(26-21-20-14)18(24)23-11-7-13(12-23)25-15-6-5-8-19-17(15)22-9-3-4-10-22/h5-6,8,13H,2-4,7,9-12H2,1H3/t13-/m0/s1. The summed E-state index contributed by atoms with van der Waals surface area (Å²) in [4.78, 5) is 22.1. The quantitative estimate of drug-likeness (QED) is 0.801. The number of pyridine rings is 1. The van der Waals surface area contributed by atoms with E-state index in [1.165, 1.54) is 24.4 Å². The second kappa shape index (κ2) is 7.57. The molecule has 2 saturated heterocycles. The molecule has 8 heteroatoms. The molecule has 4 heterocycles. The molecule has 2 aromatic heterocycles. The molecule has 0 bridgehead atoms. The van der Waals surface area contributed by atoms with Crippen molar-refractivity contribution in [3.8, 4) is 5.75 Å². The number of ether oxygens (including phenoxy) is 1. The largest absolute Gasteiger partial charge is 0.485 e. The Morgan fingerprint density at radius 3 is 3.00 bits per heavy atom. The number of amides is 1. The molecule has 26 heavy (non-hydrogen) atoms. The summed E-state index contributed by atoms with van der Waals surface area (Å²) in [6.45, 7) is 5.34. The van der Waals surface area contributed by atoms with Crippen LogP contribution in [-0.4, -0.2) is 57.7 Å². The van der Waals surface area contributed by atoms with Crippen LogP contribution >= 0.6 is 11.5 Å². The third-order valence-corrected chi connectivity index (χ3v) is 5.72. The maximum atomic E-state index is 12.7. The van der Waals surface area contributed by atoms with E-state index >= 15 is 0 Å². The van der Waals surface area contributed by atoms with Crippen molar-refractivity contribution < 1.29 is 9.53 Å². The predicted molar refractivity (Wildman–Crippen MR) is 99.9 cm³/mol. The maximum absolute atomic E-state index is 12.7. The van der Waals surface area contributed by atoms with Crippen LogP contribution in [0.25, 0.3) is 0 Å². The van der Waals surface area contributed by atoms with Crippen LogP contribution in [0, 0.1) is 0 Å².